The minimum absolute atomic E-state index is 0.000964. The first-order valence-electron chi connectivity index (χ1n) is 5.66. The lowest BCUT2D eigenvalue weighted by Gasteiger charge is -2.17. The van der Waals surface area contributed by atoms with Gasteiger partial charge in [0.1, 0.15) is 6.61 Å². The molecule has 0 bridgehead atoms. The average Bonchev–Trinajstić information content (AvgIpc) is 2.61. The molecule has 8 heteroatoms. The molecule has 0 aromatic carbocycles. The first-order valence-corrected chi connectivity index (χ1v) is 7.23. The molecule has 1 heterocycles. The maximum atomic E-state index is 11.9. The molecule has 0 aliphatic heterocycles. The van der Waals surface area contributed by atoms with Crippen molar-refractivity contribution < 1.29 is 17.9 Å². The molecular weight excluding hydrogens is 322 g/mol. The van der Waals surface area contributed by atoms with E-state index in [2.05, 4.69) is 10.1 Å². The molecular formula is C11H14Cl2F3NOS. The van der Waals surface area contributed by atoms with Gasteiger partial charge in [0.25, 0.3) is 0 Å². The van der Waals surface area contributed by atoms with Gasteiger partial charge in [0, 0.05) is 18.2 Å². The fourth-order valence-electron chi connectivity index (χ4n) is 1.59. The van der Waals surface area contributed by atoms with Crippen LogP contribution in [0.5, 0.6) is 0 Å². The van der Waals surface area contributed by atoms with Crippen molar-refractivity contribution in [2.45, 2.75) is 25.6 Å². The zero-order chi connectivity index (χ0) is 14.5. The van der Waals surface area contributed by atoms with Crippen molar-refractivity contribution in [2.24, 2.45) is 0 Å². The monoisotopic (exact) mass is 335 g/mol. The number of ether oxygens (including phenoxy) is 1. The number of halogens is 5. The Morgan fingerprint density at radius 2 is 2.11 bits per heavy atom. The molecule has 1 unspecified atom stereocenters. The average molecular weight is 336 g/mol. The fraction of sp³-hybridized carbons (Fsp3) is 0.636. The summed E-state index contributed by atoms with van der Waals surface area (Å²) in [5.74, 6) is 0. The van der Waals surface area contributed by atoms with Crippen molar-refractivity contribution in [2.75, 3.05) is 19.8 Å². The van der Waals surface area contributed by atoms with Gasteiger partial charge in [-0.1, -0.05) is 30.1 Å². The van der Waals surface area contributed by atoms with Gasteiger partial charge in [0.05, 0.1) is 8.67 Å². The molecule has 1 aromatic rings. The van der Waals surface area contributed by atoms with Crippen molar-refractivity contribution >= 4 is 34.5 Å². The molecule has 2 nitrogen and oxygen atoms in total. The van der Waals surface area contributed by atoms with E-state index in [0.29, 0.717) is 21.6 Å². The number of thiophene rings is 1. The summed E-state index contributed by atoms with van der Waals surface area (Å²) in [6.45, 7) is 1.35. The van der Waals surface area contributed by atoms with Crippen molar-refractivity contribution in [3.63, 3.8) is 0 Å². The summed E-state index contributed by atoms with van der Waals surface area (Å²) in [7, 11) is 0. The number of hydrogen-bond acceptors (Lipinski definition) is 3. The summed E-state index contributed by atoms with van der Waals surface area (Å²) in [5, 5.41) is 3.15. The Bertz CT molecular complexity index is 398. The fourth-order valence-corrected chi connectivity index (χ4v) is 3.17. The van der Waals surface area contributed by atoms with E-state index in [-0.39, 0.29) is 12.6 Å². The maximum absolute atomic E-state index is 11.9. The number of nitrogens with one attached hydrogen (secondary N) is 1. The SMILES string of the molecule is CCNC(CCOCC(F)(F)F)c1cc(Cl)sc1Cl. The first-order chi connectivity index (χ1) is 8.83. The zero-order valence-electron chi connectivity index (χ0n) is 10.2. The molecule has 1 atom stereocenters. The summed E-state index contributed by atoms with van der Waals surface area (Å²) < 4.78 is 41.5. The molecule has 1 aromatic heterocycles. The molecule has 0 saturated heterocycles. The van der Waals surface area contributed by atoms with Gasteiger partial charge in [0.15, 0.2) is 0 Å². The van der Waals surface area contributed by atoms with Crippen LogP contribution in [0.4, 0.5) is 13.2 Å². The van der Waals surface area contributed by atoms with Gasteiger partial charge in [-0.2, -0.15) is 13.2 Å². The Balaban J connectivity index is 2.52. The van der Waals surface area contributed by atoms with Crippen molar-refractivity contribution in [1.29, 1.82) is 0 Å². The molecule has 1 rings (SSSR count). The van der Waals surface area contributed by atoms with E-state index >= 15 is 0 Å². The Morgan fingerprint density at radius 3 is 2.58 bits per heavy atom. The molecule has 19 heavy (non-hydrogen) atoms. The quantitative estimate of drug-likeness (QED) is 0.731. The van der Waals surface area contributed by atoms with Gasteiger partial charge >= 0.3 is 6.18 Å². The first kappa shape index (κ1) is 17.0. The molecule has 1 N–H and O–H groups in total. The molecule has 0 spiro atoms. The second-order valence-electron chi connectivity index (χ2n) is 3.85. The summed E-state index contributed by atoms with van der Waals surface area (Å²) in [6.07, 6.45) is -3.90. The second kappa shape index (κ2) is 7.69. The van der Waals surface area contributed by atoms with Crippen LogP contribution in [0.1, 0.15) is 24.9 Å². The number of rotatable bonds is 7. The van der Waals surface area contributed by atoms with Crippen LogP contribution in [0.2, 0.25) is 8.67 Å². The molecule has 0 aliphatic rings. The van der Waals surface area contributed by atoms with Crippen molar-refractivity contribution in [1.82, 2.24) is 5.32 Å². The molecule has 0 fully saturated rings. The topological polar surface area (TPSA) is 21.3 Å². The predicted octanol–water partition coefficient (Wildman–Crippen LogP) is 4.67. The predicted molar refractivity (Wildman–Crippen MR) is 72.2 cm³/mol. The summed E-state index contributed by atoms with van der Waals surface area (Å²) in [5.41, 5.74) is 0.800. The van der Waals surface area contributed by atoms with Gasteiger partial charge in [-0.05, 0) is 19.0 Å². The molecule has 0 aliphatic carbocycles. The lowest BCUT2D eigenvalue weighted by molar-refractivity contribution is -0.174. The van der Waals surface area contributed by atoms with E-state index in [1.807, 2.05) is 6.92 Å². The Kier molecular flexibility index (Phi) is 6.90. The van der Waals surface area contributed by atoms with E-state index in [1.54, 1.807) is 6.07 Å². The van der Waals surface area contributed by atoms with Crippen LogP contribution in [0.25, 0.3) is 0 Å². The largest absolute Gasteiger partial charge is 0.411 e. The zero-order valence-corrected chi connectivity index (χ0v) is 12.5. The number of alkyl halides is 3. The summed E-state index contributed by atoms with van der Waals surface area (Å²) in [4.78, 5) is 0. The van der Waals surface area contributed by atoms with E-state index < -0.39 is 12.8 Å². The highest BCUT2D eigenvalue weighted by atomic mass is 35.5. The molecule has 0 amide bonds. The lowest BCUT2D eigenvalue weighted by atomic mass is 10.1. The summed E-state index contributed by atoms with van der Waals surface area (Å²) in [6, 6.07) is 1.57. The lowest BCUT2D eigenvalue weighted by Crippen LogP contribution is -2.24. The van der Waals surface area contributed by atoms with Crippen molar-refractivity contribution in [3.8, 4) is 0 Å². The van der Waals surface area contributed by atoms with Gasteiger partial charge in [-0.25, -0.2) is 0 Å². The third-order valence-electron chi connectivity index (χ3n) is 2.33. The Morgan fingerprint density at radius 1 is 1.42 bits per heavy atom. The Labute approximate surface area is 123 Å². The van der Waals surface area contributed by atoms with Gasteiger partial charge in [-0.3, -0.25) is 0 Å². The minimum atomic E-state index is -4.29. The van der Waals surface area contributed by atoms with Crippen LogP contribution in [0, 0.1) is 0 Å². The Hall–Kier alpha value is -0.0100. The van der Waals surface area contributed by atoms with Crippen molar-refractivity contribution in [3.05, 3.63) is 20.3 Å². The maximum Gasteiger partial charge on any atom is 0.411 e. The van der Waals surface area contributed by atoms with Crippen LogP contribution in [-0.2, 0) is 4.74 Å². The van der Waals surface area contributed by atoms with Gasteiger partial charge in [0.2, 0.25) is 0 Å². The third-order valence-corrected chi connectivity index (χ3v) is 3.84. The normalized spacial score (nSPS) is 13.8. The van der Waals surface area contributed by atoms with E-state index in [0.717, 1.165) is 5.56 Å². The third kappa shape index (κ3) is 6.31. The van der Waals surface area contributed by atoms with Crippen LogP contribution in [-0.4, -0.2) is 25.9 Å². The van der Waals surface area contributed by atoms with Crippen LogP contribution < -0.4 is 5.32 Å². The highest BCUT2D eigenvalue weighted by molar-refractivity contribution is 7.20. The highest BCUT2D eigenvalue weighted by Crippen LogP contribution is 2.36. The van der Waals surface area contributed by atoms with Crippen LogP contribution in [0.15, 0.2) is 6.07 Å². The second-order valence-corrected chi connectivity index (χ2v) is 6.13. The van der Waals surface area contributed by atoms with Crippen LogP contribution in [0.3, 0.4) is 0 Å². The van der Waals surface area contributed by atoms with E-state index in [9.17, 15) is 13.2 Å². The number of hydrogen-bond donors (Lipinski definition) is 1. The van der Waals surface area contributed by atoms with Gasteiger partial charge < -0.3 is 10.1 Å². The van der Waals surface area contributed by atoms with E-state index in [1.165, 1.54) is 11.3 Å². The van der Waals surface area contributed by atoms with E-state index in [4.69, 9.17) is 23.2 Å². The van der Waals surface area contributed by atoms with Crippen LogP contribution >= 0.6 is 34.5 Å². The molecule has 0 radical (unpaired) electrons. The molecule has 110 valence electrons. The molecule has 0 saturated carbocycles. The van der Waals surface area contributed by atoms with Gasteiger partial charge in [-0.15, -0.1) is 11.3 Å². The standard InChI is InChI=1S/C11H14Cl2F3NOS/c1-2-17-8(3-4-18-6-11(14,15)16)7-5-9(12)19-10(7)13/h5,8,17H,2-4,6H2,1H3. The minimum Gasteiger partial charge on any atom is -0.372 e. The summed E-state index contributed by atoms with van der Waals surface area (Å²) >= 11 is 13.1. The highest BCUT2D eigenvalue weighted by Gasteiger charge is 2.27. The smallest absolute Gasteiger partial charge is 0.372 e.